The van der Waals surface area contributed by atoms with Crippen LogP contribution in [-0.2, 0) is 16.0 Å². The summed E-state index contributed by atoms with van der Waals surface area (Å²) in [6.07, 6.45) is -0.450. The lowest BCUT2D eigenvalue weighted by atomic mass is 10.1. The number of halogens is 2. The van der Waals surface area contributed by atoms with Gasteiger partial charge in [0.25, 0.3) is 5.91 Å². The van der Waals surface area contributed by atoms with Crippen molar-refractivity contribution >= 4 is 23.5 Å². The quantitative estimate of drug-likeness (QED) is 0.749. The van der Waals surface area contributed by atoms with Crippen molar-refractivity contribution in [3.8, 4) is 5.75 Å². The van der Waals surface area contributed by atoms with Crippen molar-refractivity contribution in [2.45, 2.75) is 19.4 Å². The number of esters is 1. The molecule has 0 bridgehead atoms. The van der Waals surface area contributed by atoms with Gasteiger partial charge in [0, 0.05) is 11.6 Å². The fourth-order valence-electron chi connectivity index (χ4n) is 2.24. The molecular formula is C19H19ClFNO4. The molecule has 0 saturated heterocycles. The standard InChI is InChI=1S/C19H19ClFNO4/c1-12(18(23)22-10-9-13-3-6-15(21)7-4-13)26-19(24)16-11-14(20)5-8-17(16)25-2/h3-8,11-12H,9-10H2,1-2H3,(H,22,23)/t12-/m0/s1. The third-order valence-corrected chi connectivity index (χ3v) is 3.90. The molecule has 1 amide bonds. The smallest absolute Gasteiger partial charge is 0.342 e. The summed E-state index contributed by atoms with van der Waals surface area (Å²) in [5, 5.41) is 3.03. The molecule has 1 N–H and O–H groups in total. The van der Waals surface area contributed by atoms with E-state index in [2.05, 4.69) is 5.32 Å². The van der Waals surface area contributed by atoms with Crippen LogP contribution in [0.5, 0.6) is 5.75 Å². The molecule has 0 saturated carbocycles. The number of hydrogen-bond donors (Lipinski definition) is 1. The number of hydrogen-bond acceptors (Lipinski definition) is 4. The molecule has 5 nitrogen and oxygen atoms in total. The summed E-state index contributed by atoms with van der Waals surface area (Å²) in [5.41, 5.74) is 1.03. The predicted octanol–water partition coefficient (Wildman–Crippen LogP) is 3.39. The third kappa shape index (κ3) is 5.46. The predicted molar refractivity (Wildman–Crippen MR) is 96.0 cm³/mol. The van der Waals surface area contributed by atoms with Gasteiger partial charge in [-0.15, -0.1) is 0 Å². The number of rotatable bonds is 7. The van der Waals surface area contributed by atoms with Gasteiger partial charge in [-0.1, -0.05) is 23.7 Å². The van der Waals surface area contributed by atoms with E-state index < -0.39 is 18.0 Å². The fraction of sp³-hybridized carbons (Fsp3) is 0.263. The summed E-state index contributed by atoms with van der Waals surface area (Å²) in [5.74, 6) is -1.13. The molecule has 0 aliphatic rings. The van der Waals surface area contributed by atoms with Gasteiger partial charge in [0.2, 0.25) is 0 Å². The van der Waals surface area contributed by atoms with E-state index in [1.165, 1.54) is 32.2 Å². The van der Waals surface area contributed by atoms with E-state index in [1.807, 2.05) is 0 Å². The molecule has 0 aliphatic heterocycles. The zero-order chi connectivity index (χ0) is 19.1. The summed E-state index contributed by atoms with van der Waals surface area (Å²) < 4.78 is 23.1. The Morgan fingerprint density at radius 1 is 1.19 bits per heavy atom. The van der Waals surface area contributed by atoms with E-state index >= 15 is 0 Å². The number of carbonyl (C=O) groups is 2. The first kappa shape index (κ1) is 19.7. The lowest BCUT2D eigenvalue weighted by molar-refractivity contribution is -0.129. The van der Waals surface area contributed by atoms with Crippen molar-refractivity contribution < 1.29 is 23.5 Å². The Balaban J connectivity index is 1.87. The maximum Gasteiger partial charge on any atom is 0.342 e. The fourth-order valence-corrected chi connectivity index (χ4v) is 2.41. The average Bonchev–Trinajstić information content (AvgIpc) is 2.63. The van der Waals surface area contributed by atoms with Gasteiger partial charge in [-0.05, 0) is 49.2 Å². The number of methoxy groups -OCH3 is 1. The number of amides is 1. The summed E-state index contributed by atoms with van der Waals surface area (Å²) in [6.45, 7) is 1.81. The molecule has 0 aliphatic carbocycles. The van der Waals surface area contributed by atoms with E-state index in [-0.39, 0.29) is 11.4 Å². The minimum Gasteiger partial charge on any atom is -0.496 e. The van der Waals surface area contributed by atoms with E-state index in [0.717, 1.165) is 5.56 Å². The molecular weight excluding hydrogens is 361 g/mol. The van der Waals surface area contributed by atoms with Gasteiger partial charge in [-0.3, -0.25) is 4.79 Å². The maximum absolute atomic E-state index is 12.8. The second kappa shape index (κ2) is 9.20. The van der Waals surface area contributed by atoms with Crippen LogP contribution in [0.2, 0.25) is 5.02 Å². The van der Waals surface area contributed by atoms with Gasteiger partial charge in [0.1, 0.15) is 17.1 Å². The Labute approximate surface area is 156 Å². The molecule has 0 radical (unpaired) electrons. The minimum atomic E-state index is -0.987. The Morgan fingerprint density at radius 3 is 2.54 bits per heavy atom. The molecule has 0 heterocycles. The van der Waals surface area contributed by atoms with Crippen molar-refractivity contribution in [2.24, 2.45) is 0 Å². The zero-order valence-electron chi connectivity index (χ0n) is 14.4. The zero-order valence-corrected chi connectivity index (χ0v) is 15.2. The Hall–Kier alpha value is -2.60. The highest BCUT2D eigenvalue weighted by molar-refractivity contribution is 6.31. The SMILES string of the molecule is COc1ccc(Cl)cc1C(=O)O[C@@H](C)C(=O)NCCc1ccc(F)cc1. The van der Waals surface area contributed by atoms with Crippen LogP contribution in [0.15, 0.2) is 42.5 Å². The second-order valence-corrected chi connectivity index (χ2v) is 6.00. The summed E-state index contributed by atoms with van der Waals surface area (Å²) in [4.78, 5) is 24.3. The normalized spacial score (nSPS) is 11.5. The van der Waals surface area contributed by atoms with Crippen LogP contribution >= 0.6 is 11.6 Å². The van der Waals surface area contributed by atoms with E-state index in [0.29, 0.717) is 23.7 Å². The molecule has 0 spiro atoms. The van der Waals surface area contributed by atoms with Crippen LogP contribution in [0.4, 0.5) is 4.39 Å². The molecule has 26 heavy (non-hydrogen) atoms. The molecule has 1 atom stereocenters. The topological polar surface area (TPSA) is 64.6 Å². The summed E-state index contributed by atoms with van der Waals surface area (Å²) >= 11 is 5.89. The molecule has 0 fully saturated rings. The van der Waals surface area contributed by atoms with Crippen molar-refractivity contribution in [3.63, 3.8) is 0 Å². The van der Waals surface area contributed by atoms with Crippen LogP contribution in [0.25, 0.3) is 0 Å². The van der Waals surface area contributed by atoms with Crippen LogP contribution < -0.4 is 10.1 Å². The van der Waals surface area contributed by atoms with Crippen molar-refractivity contribution in [2.75, 3.05) is 13.7 Å². The average molecular weight is 380 g/mol. The summed E-state index contributed by atoms with van der Waals surface area (Å²) in [6, 6.07) is 10.6. The molecule has 2 rings (SSSR count). The van der Waals surface area contributed by atoms with Gasteiger partial charge < -0.3 is 14.8 Å². The highest BCUT2D eigenvalue weighted by Gasteiger charge is 2.21. The Bertz CT molecular complexity index is 780. The number of benzene rings is 2. The van der Waals surface area contributed by atoms with Gasteiger partial charge in [-0.25, -0.2) is 9.18 Å². The number of nitrogens with one attached hydrogen (secondary N) is 1. The van der Waals surface area contributed by atoms with Crippen LogP contribution in [-0.4, -0.2) is 31.6 Å². The van der Waals surface area contributed by atoms with Crippen molar-refractivity contribution in [3.05, 3.63) is 64.4 Å². The molecule has 2 aromatic carbocycles. The Morgan fingerprint density at radius 2 is 1.88 bits per heavy atom. The Kier molecular flexibility index (Phi) is 6.97. The van der Waals surface area contributed by atoms with Crippen LogP contribution in [0, 0.1) is 5.82 Å². The first-order chi connectivity index (χ1) is 12.4. The minimum absolute atomic E-state index is 0.144. The molecule has 7 heteroatoms. The molecule has 2 aromatic rings. The highest BCUT2D eigenvalue weighted by Crippen LogP contribution is 2.23. The van der Waals surface area contributed by atoms with Crippen LogP contribution in [0.1, 0.15) is 22.8 Å². The lowest BCUT2D eigenvalue weighted by Gasteiger charge is -2.15. The first-order valence-electron chi connectivity index (χ1n) is 7.97. The van der Waals surface area contributed by atoms with E-state index in [4.69, 9.17) is 21.1 Å². The molecule has 0 unspecified atom stereocenters. The second-order valence-electron chi connectivity index (χ2n) is 5.56. The first-order valence-corrected chi connectivity index (χ1v) is 8.35. The van der Waals surface area contributed by atoms with E-state index in [9.17, 15) is 14.0 Å². The maximum atomic E-state index is 12.8. The third-order valence-electron chi connectivity index (χ3n) is 3.66. The van der Waals surface area contributed by atoms with Gasteiger partial charge >= 0.3 is 5.97 Å². The lowest BCUT2D eigenvalue weighted by Crippen LogP contribution is -2.37. The summed E-state index contributed by atoms with van der Waals surface area (Å²) in [7, 11) is 1.42. The van der Waals surface area contributed by atoms with Crippen LogP contribution in [0.3, 0.4) is 0 Å². The van der Waals surface area contributed by atoms with Crippen molar-refractivity contribution in [1.82, 2.24) is 5.32 Å². The highest BCUT2D eigenvalue weighted by atomic mass is 35.5. The largest absolute Gasteiger partial charge is 0.496 e. The van der Waals surface area contributed by atoms with Gasteiger partial charge in [-0.2, -0.15) is 0 Å². The number of ether oxygens (including phenoxy) is 2. The van der Waals surface area contributed by atoms with Crippen molar-refractivity contribution in [1.29, 1.82) is 0 Å². The molecule has 0 aromatic heterocycles. The monoisotopic (exact) mass is 379 g/mol. The van der Waals surface area contributed by atoms with Gasteiger partial charge in [0.15, 0.2) is 6.10 Å². The van der Waals surface area contributed by atoms with E-state index in [1.54, 1.807) is 24.3 Å². The number of carbonyl (C=O) groups excluding carboxylic acids is 2. The van der Waals surface area contributed by atoms with Gasteiger partial charge in [0.05, 0.1) is 7.11 Å². The molecule has 138 valence electrons.